The van der Waals surface area contributed by atoms with Gasteiger partial charge in [0.05, 0.1) is 0 Å². The molecule has 0 radical (unpaired) electrons. The Kier molecular flexibility index (Phi) is 9.11. The first-order valence-electron chi connectivity index (χ1n) is 6.17. The van der Waals surface area contributed by atoms with E-state index in [-0.39, 0.29) is 11.3 Å². The fourth-order valence-corrected chi connectivity index (χ4v) is 1.92. The lowest BCUT2D eigenvalue weighted by molar-refractivity contribution is 0.571. The van der Waals surface area contributed by atoms with Crippen LogP contribution in [0.3, 0.4) is 0 Å². The predicted octanol–water partition coefficient (Wildman–Crippen LogP) is 4.69. The van der Waals surface area contributed by atoms with Crippen molar-refractivity contribution in [2.45, 2.75) is 32.6 Å². The van der Waals surface area contributed by atoms with Gasteiger partial charge in [0.15, 0.2) is 5.84 Å². The highest BCUT2D eigenvalue weighted by molar-refractivity contribution is 8.09. The van der Waals surface area contributed by atoms with Crippen LogP contribution < -0.4 is 0 Å². The molecule has 0 aliphatic carbocycles. The van der Waals surface area contributed by atoms with Crippen LogP contribution in [0.15, 0.2) is 34.2 Å². The number of nitrogens with one attached hydrogen (secondary N) is 1. The molecule has 0 saturated heterocycles. The predicted molar refractivity (Wildman–Crippen MR) is 95.4 cm³/mol. The highest BCUT2D eigenvalue weighted by Crippen LogP contribution is 2.18. The van der Waals surface area contributed by atoms with E-state index >= 15 is 0 Å². The van der Waals surface area contributed by atoms with Gasteiger partial charge in [0.1, 0.15) is 0 Å². The summed E-state index contributed by atoms with van der Waals surface area (Å²) >= 11 is 5.87. The molecule has 2 nitrogen and oxygen atoms in total. The van der Waals surface area contributed by atoms with Gasteiger partial charge < -0.3 is 0 Å². The molecule has 0 aromatic heterocycles. The number of hydrogen-bond donors (Lipinski definition) is 2. The number of amidine groups is 1. The van der Waals surface area contributed by atoms with Crippen molar-refractivity contribution in [2.24, 2.45) is 10.4 Å². The summed E-state index contributed by atoms with van der Waals surface area (Å²) in [6.07, 6.45) is 0. The van der Waals surface area contributed by atoms with Crippen LogP contribution in [-0.2, 0) is 0 Å². The summed E-state index contributed by atoms with van der Waals surface area (Å²) in [5.41, 5.74) is 1.25. The molecule has 0 bridgehead atoms. The first-order valence-corrected chi connectivity index (χ1v) is 7.79. The highest BCUT2D eigenvalue weighted by atomic mass is 32.2. The van der Waals surface area contributed by atoms with Crippen molar-refractivity contribution in [3.63, 3.8) is 0 Å². The smallest absolute Gasteiger partial charge is 0.196 e. The van der Waals surface area contributed by atoms with Crippen LogP contribution in [0.1, 0.15) is 26.3 Å². The summed E-state index contributed by atoms with van der Waals surface area (Å²) in [6.45, 7) is 11.2. The van der Waals surface area contributed by atoms with Crippen molar-refractivity contribution in [3.05, 3.63) is 29.8 Å². The van der Waals surface area contributed by atoms with Crippen LogP contribution in [0.25, 0.3) is 0 Å². The van der Waals surface area contributed by atoms with Crippen molar-refractivity contribution in [3.8, 4) is 11.8 Å². The lowest BCUT2D eigenvalue weighted by atomic mass is 9.98. The van der Waals surface area contributed by atoms with Crippen molar-refractivity contribution >= 4 is 36.9 Å². The number of thioether (sulfide) groups is 1. The average molecular weight is 306 g/mol. The zero-order valence-electron chi connectivity index (χ0n) is 12.5. The number of thiol groups is 1. The number of benzene rings is 1. The van der Waals surface area contributed by atoms with E-state index in [4.69, 9.17) is 5.41 Å². The Morgan fingerprint density at radius 2 is 1.90 bits per heavy atom. The van der Waals surface area contributed by atoms with Gasteiger partial charge in [-0.2, -0.15) is 12.6 Å². The topological polar surface area (TPSA) is 36.2 Å². The molecule has 1 aromatic carbocycles. The second-order valence-electron chi connectivity index (χ2n) is 5.09. The van der Waals surface area contributed by atoms with Crippen molar-refractivity contribution in [1.82, 2.24) is 0 Å². The molecule has 0 saturated carbocycles. The number of aliphatic imine (C=N–C) groups is 1. The molecule has 108 valence electrons. The minimum Gasteiger partial charge on any atom is -0.275 e. The fourth-order valence-electron chi connectivity index (χ4n) is 0.995. The molecule has 0 amide bonds. The molecular formula is C16H22N2S2. The minimum atomic E-state index is -0.0585. The van der Waals surface area contributed by atoms with E-state index in [9.17, 15) is 0 Å². The van der Waals surface area contributed by atoms with Gasteiger partial charge in [-0.05, 0) is 52.5 Å². The summed E-state index contributed by atoms with van der Waals surface area (Å²) in [5, 5.41) is 7.86. The average Bonchev–Trinajstić information content (AvgIpc) is 2.39. The van der Waals surface area contributed by atoms with Gasteiger partial charge in [-0.15, -0.1) is 11.8 Å². The molecule has 1 aromatic rings. The van der Waals surface area contributed by atoms with Crippen LogP contribution in [0, 0.1) is 29.6 Å². The SMILES string of the molecule is C=NC(=N)C#CC(C)(C)C.Cc1ccc(SCS)cc1. The van der Waals surface area contributed by atoms with Gasteiger partial charge in [0.25, 0.3) is 0 Å². The molecule has 1 N–H and O–H groups in total. The van der Waals surface area contributed by atoms with Crippen molar-refractivity contribution in [2.75, 3.05) is 5.08 Å². The van der Waals surface area contributed by atoms with Gasteiger partial charge in [-0.3, -0.25) is 5.41 Å². The van der Waals surface area contributed by atoms with E-state index < -0.39 is 0 Å². The Bertz CT molecular complexity index is 488. The van der Waals surface area contributed by atoms with E-state index in [1.165, 1.54) is 10.5 Å². The molecule has 0 spiro atoms. The highest BCUT2D eigenvalue weighted by Gasteiger charge is 2.03. The van der Waals surface area contributed by atoms with Gasteiger partial charge in [-0.1, -0.05) is 23.6 Å². The zero-order chi connectivity index (χ0) is 15.6. The maximum Gasteiger partial charge on any atom is 0.196 e. The molecule has 0 atom stereocenters. The molecule has 4 heteroatoms. The number of hydrogen-bond acceptors (Lipinski definition) is 3. The molecular weight excluding hydrogens is 284 g/mol. The molecule has 0 fully saturated rings. The van der Waals surface area contributed by atoms with Crippen LogP contribution >= 0.6 is 24.4 Å². The van der Waals surface area contributed by atoms with E-state index in [0.717, 1.165) is 5.08 Å². The molecule has 0 aliphatic heterocycles. The second-order valence-corrected chi connectivity index (χ2v) is 6.89. The van der Waals surface area contributed by atoms with E-state index in [1.54, 1.807) is 11.8 Å². The lowest BCUT2D eigenvalue weighted by Gasteiger charge is -2.06. The first-order chi connectivity index (χ1) is 9.28. The quantitative estimate of drug-likeness (QED) is 0.204. The monoisotopic (exact) mass is 306 g/mol. The Morgan fingerprint density at radius 1 is 1.35 bits per heavy atom. The van der Waals surface area contributed by atoms with Crippen LogP contribution in [0.2, 0.25) is 0 Å². The van der Waals surface area contributed by atoms with Crippen LogP contribution in [-0.4, -0.2) is 17.6 Å². The van der Waals surface area contributed by atoms with Gasteiger partial charge >= 0.3 is 0 Å². The molecule has 0 unspecified atom stereocenters. The number of rotatable bonds is 2. The summed E-state index contributed by atoms with van der Waals surface area (Å²) in [7, 11) is 0. The lowest BCUT2D eigenvalue weighted by Crippen LogP contribution is -2.00. The van der Waals surface area contributed by atoms with Crippen molar-refractivity contribution in [1.29, 1.82) is 5.41 Å². The Balaban J connectivity index is 0.000000361. The largest absolute Gasteiger partial charge is 0.275 e. The van der Waals surface area contributed by atoms with Gasteiger partial charge in [0, 0.05) is 15.4 Å². The second kappa shape index (κ2) is 9.68. The molecule has 1 rings (SSSR count). The summed E-state index contributed by atoms with van der Waals surface area (Å²) in [5.74, 6) is 5.48. The maximum atomic E-state index is 7.01. The fraction of sp³-hybridized carbons (Fsp3) is 0.375. The molecule has 20 heavy (non-hydrogen) atoms. The zero-order valence-corrected chi connectivity index (χ0v) is 14.2. The summed E-state index contributed by atoms with van der Waals surface area (Å²) in [4.78, 5) is 4.64. The Morgan fingerprint density at radius 3 is 2.30 bits per heavy atom. The minimum absolute atomic E-state index is 0.0370. The van der Waals surface area contributed by atoms with E-state index in [0.29, 0.717) is 0 Å². The van der Waals surface area contributed by atoms with E-state index in [1.807, 2.05) is 20.8 Å². The Labute approximate surface area is 132 Å². The van der Waals surface area contributed by atoms with Crippen LogP contribution in [0.4, 0.5) is 0 Å². The summed E-state index contributed by atoms with van der Waals surface area (Å²) in [6, 6.07) is 8.48. The molecule has 0 aliphatic rings. The third kappa shape index (κ3) is 10.7. The first kappa shape index (κ1) is 18.8. The molecule has 0 heterocycles. The third-order valence-electron chi connectivity index (χ3n) is 1.97. The van der Waals surface area contributed by atoms with Crippen LogP contribution in [0.5, 0.6) is 0 Å². The van der Waals surface area contributed by atoms with Crippen molar-refractivity contribution < 1.29 is 0 Å². The Hall–Kier alpha value is -1.18. The van der Waals surface area contributed by atoms with Gasteiger partial charge in [0.2, 0.25) is 0 Å². The normalized spacial score (nSPS) is 9.65. The number of aryl methyl sites for hydroxylation is 1. The van der Waals surface area contributed by atoms with E-state index in [2.05, 4.69) is 67.4 Å². The standard InChI is InChI=1S/C8H12N2.C8H10S2/c1-8(2,3)6-5-7(9)10-4;1-7-2-4-8(5-3-7)10-6-9/h9H,4H2,1-3H3;2-5,9H,6H2,1H3. The summed E-state index contributed by atoms with van der Waals surface area (Å²) < 4.78 is 0. The third-order valence-corrected chi connectivity index (χ3v) is 3.09. The van der Waals surface area contributed by atoms with Gasteiger partial charge in [-0.25, -0.2) is 4.99 Å². The number of nitrogens with zero attached hydrogens (tertiary/aromatic N) is 1. The maximum absolute atomic E-state index is 7.01.